The van der Waals surface area contributed by atoms with Crippen molar-refractivity contribution in [1.29, 1.82) is 0 Å². The first-order chi connectivity index (χ1) is 9.61. The maximum Gasteiger partial charge on any atom is 0.329 e. The first-order valence-electron chi connectivity index (χ1n) is 7.53. The molecule has 1 N–H and O–H groups in total. The lowest BCUT2D eigenvalue weighted by molar-refractivity contribution is 0.237. The highest BCUT2D eigenvalue weighted by Crippen LogP contribution is 2.34. The summed E-state index contributed by atoms with van der Waals surface area (Å²) in [6.45, 7) is 4.96. The van der Waals surface area contributed by atoms with Crippen LogP contribution in [0.4, 0.5) is 4.79 Å². The second-order valence-corrected chi connectivity index (χ2v) is 5.92. The SMILES string of the molecule is COc1nc(C2CCCC2)cn1C(=O)NCCC(C)C. The molecule has 0 saturated heterocycles. The van der Waals surface area contributed by atoms with E-state index in [4.69, 9.17) is 4.74 Å². The molecule has 2 rings (SSSR count). The van der Waals surface area contributed by atoms with Gasteiger partial charge in [-0.1, -0.05) is 26.7 Å². The normalized spacial score (nSPS) is 15.8. The van der Waals surface area contributed by atoms with E-state index in [9.17, 15) is 4.79 Å². The third-order valence-corrected chi connectivity index (χ3v) is 3.86. The Kier molecular flexibility index (Phi) is 5.04. The van der Waals surface area contributed by atoms with Gasteiger partial charge in [-0.05, 0) is 25.2 Å². The fourth-order valence-corrected chi connectivity index (χ4v) is 2.64. The molecule has 0 aromatic carbocycles. The Morgan fingerprint density at radius 1 is 1.50 bits per heavy atom. The number of carbonyl (C=O) groups excluding carboxylic acids is 1. The Bertz CT molecular complexity index is 448. The highest BCUT2D eigenvalue weighted by molar-refractivity contribution is 5.78. The number of rotatable bonds is 5. The lowest BCUT2D eigenvalue weighted by Crippen LogP contribution is -2.29. The number of nitrogens with zero attached hydrogens (tertiary/aromatic N) is 2. The summed E-state index contributed by atoms with van der Waals surface area (Å²) in [5, 5.41) is 2.91. The van der Waals surface area contributed by atoms with Gasteiger partial charge in [0, 0.05) is 18.7 Å². The van der Waals surface area contributed by atoms with Gasteiger partial charge in [-0.2, -0.15) is 4.98 Å². The highest BCUT2D eigenvalue weighted by atomic mass is 16.5. The summed E-state index contributed by atoms with van der Waals surface area (Å²) in [6, 6.07) is 0.230. The Hall–Kier alpha value is -1.52. The van der Waals surface area contributed by atoms with Crippen LogP contribution in [0.2, 0.25) is 0 Å². The highest BCUT2D eigenvalue weighted by Gasteiger charge is 2.23. The predicted molar refractivity (Wildman–Crippen MR) is 78.2 cm³/mol. The molecular formula is C15H25N3O2. The zero-order chi connectivity index (χ0) is 14.5. The minimum absolute atomic E-state index is 0.153. The number of hydrogen-bond donors (Lipinski definition) is 1. The van der Waals surface area contributed by atoms with Crippen LogP contribution < -0.4 is 10.1 Å². The van der Waals surface area contributed by atoms with E-state index < -0.39 is 0 Å². The van der Waals surface area contributed by atoms with Gasteiger partial charge in [0.2, 0.25) is 0 Å². The van der Waals surface area contributed by atoms with Crippen LogP contribution in [0.3, 0.4) is 0 Å². The smallest absolute Gasteiger partial charge is 0.329 e. The van der Waals surface area contributed by atoms with Crippen LogP contribution in [0.5, 0.6) is 6.01 Å². The molecule has 1 aromatic heterocycles. The van der Waals surface area contributed by atoms with Gasteiger partial charge in [-0.3, -0.25) is 0 Å². The first kappa shape index (κ1) is 14.9. The fourth-order valence-electron chi connectivity index (χ4n) is 2.64. The van der Waals surface area contributed by atoms with Crippen LogP contribution in [0.25, 0.3) is 0 Å². The lowest BCUT2D eigenvalue weighted by atomic mass is 10.1. The Labute approximate surface area is 120 Å². The van der Waals surface area contributed by atoms with E-state index >= 15 is 0 Å². The summed E-state index contributed by atoms with van der Waals surface area (Å²) in [7, 11) is 1.55. The summed E-state index contributed by atoms with van der Waals surface area (Å²) in [5.74, 6) is 1.06. The monoisotopic (exact) mass is 279 g/mol. The van der Waals surface area contributed by atoms with E-state index in [2.05, 4.69) is 24.1 Å². The van der Waals surface area contributed by atoms with Crippen LogP contribution in [-0.4, -0.2) is 29.2 Å². The number of hydrogen-bond acceptors (Lipinski definition) is 3. The quantitative estimate of drug-likeness (QED) is 0.900. The molecule has 1 aliphatic rings. The second kappa shape index (κ2) is 6.77. The molecule has 112 valence electrons. The van der Waals surface area contributed by atoms with E-state index in [1.54, 1.807) is 7.11 Å². The van der Waals surface area contributed by atoms with Crippen molar-refractivity contribution in [2.24, 2.45) is 5.92 Å². The molecule has 5 heteroatoms. The first-order valence-corrected chi connectivity index (χ1v) is 7.53. The zero-order valence-corrected chi connectivity index (χ0v) is 12.7. The fraction of sp³-hybridized carbons (Fsp3) is 0.733. The Morgan fingerprint density at radius 3 is 2.80 bits per heavy atom. The van der Waals surface area contributed by atoms with Crippen LogP contribution in [0.1, 0.15) is 57.6 Å². The van der Waals surface area contributed by atoms with E-state index in [0.29, 0.717) is 24.4 Å². The predicted octanol–water partition coefficient (Wildman–Crippen LogP) is 3.15. The average molecular weight is 279 g/mol. The van der Waals surface area contributed by atoms with Crippen molar-refractivity contribution in [3.8, 4) is 6.01 Å². The maximum absolute atomic E-state index is 12.2. The van der Waals surface area contributed by atoms with Crippen LogP contribution in [0.15, 0.2) is 6.20 Å². The van der Waals surface area contributed by atoms with Crippen molar-refractivity contribution in [3.05, 3.63) is 11.9 Å². The number of ether oxygens (including phenoxy) is 1. The zero-order valence-electron chi connectivity index (χ0n) is 12.7. The van der Waals surface area contributed by atoms with Gasteiger partial charge in [0.25, 0.3) is 0 Å². The van der Waals surface area contributed by atoms with Gasteiger partial charge in [-0.15, -0.1) is 0 Å². The minimum Gasteiger partial charge on any atom is -0.468 e. The molecule has 5 nitrogen and oxygen atoms in total. The number of nitrogens with one attached hydrogen (secondary N) is 1. The molecule has 0 aliphatic heterocycles. The number of methoxy groups -OCH3 is 1. The molecule has 0 bridgehead atoms. The average Bonchev–Trinajstić information content (AvgIpc) is 3.06. The third kappa shape index (κ3) is 3.52. The van der Waals surface area contributed by atoms with Crippen molar-refractivity contribution in [2.75, 3.05) is 13.7 Å². The molecular weight excluding hydrogens is 254 g/mol. The molecule has 0 spiro atoms. The molecule has 1 saturated carbocycles. The molecule has 1 aromatic rings. The third-order valence-electron chi connectivity index (χ3n) is 3.86. The van der Waals surface area contributed by atoms with Gasteiger partial charge < -0.3 is 10.1 Å². The molecule has 1 heterocycles. The molecule has 1 fully saturated rings. The van der Waals surface area contributed by atoms with Crippen molar-refractivity contribution in [3.63, 3.8) is 0 Å². The summed E-state index contributed by atoms with van der Waals surface area (Å²) in [6.07, 6.45) is 7.63. The van der Waals surface area contributed by atoms with Crippen LogP contribution in [-0.2, 0) is 0 Å². The molecule has 1 aliphatic carbocycles. The van der Waals surface area contributed by atoms with Crippen molar-refractivity contribution >= 4 is 6.03 Å². The second-order valence-electron chi connectivity index (χ2n) is 5.92. The Balaban J connectivity index is 2.03. The molecule has 0 radical (unpaired) electrons. The molecule has 20 heavy (non-hydrogen) atoms. The Morgan fingerprint density at radius 2 is 2.20 bits per heavy atom. The van der Waals surface area contributed by atoms with E-state index in [1.165, 1.54) is 17.4 Å². The summed E-state index contributed by atoms with van der Waals surface area (Å²) in [5.41, 5.74) is 0.985. The van der Waals surface area contributed by atoms with Gasteiger partial charge in [-0.25, -0.2) is 9.36 Å². The van der Waals surface area contributed by atoms with E-state index in [1.807, 2.05) is 6.20 Å². The van der Waals surface area contributed by atoms with E-state index in [0.717, 1.165) is 25.0 Å². The van der Waals surface area contributed by atoms with Crippen molar-refractivity contribution in [1.82, 2.24) is 14.9 Å². The van der Waals surface area contributed by atoms with Gasteiger partial charge in [0.05, 0.1) is 12.8 Å². The molecule has 0 atom stereocenters. The standard InChI is InChI=1S/C15H25N3O2/c1-11(2)8-9-16-14(19)18-10-13(17-15(18)20-3)12-6-4-5-7-12/h10-12H,4-9H2,1-3H3,(H,16,19). The number of aromatic nitrogens is 2. The number of carbonyl (C=O) groups is 1. The largest absolute Gasteiger partial charge is 0.468 e. The summed E-state index contributed by atoms with van der Waals surface area (Å²) in [4.78, 5) is 16.6. The number of imidazole rings is 1. The van der Waals surface area contributed by atoms with Crippen molar-refractivity contribution < 1.29 is 9.53 Å². The maximum atomic E-state index is 12.2. The van der Waals surface area contributed by atoms with Gasteiger partial charge in [0.15, 0.2) is 0 Å². The molecule has 1 amide bonds. The molecule has 0 unspecified atom stereocenters. The van der Waals surface area contributed by atoms with Crippen molar-refractivity contribution in [2.45, 2.75) is 51.9 Å². The van der Waals surface area contributed by atoms with E-state index in [-0.39, 0.29) is 6.03 Å². The van der Waals surface area contributed by atoms with Crippen LogP contribution in [0, 0.1) is 5.92 Å². The van der Waals surface area contributed by atoms with Gasteiger partial charge in [0.1, 0.15) is 0 Å². The number of amides is 1. The minimum atomic E-state index is -0.153. The topological polar surface area (TPSA) is 56.2 Å². The summed E-state index contributed by atoms with van der Waals surface area (Å²) < 4.78 is 6.72. The summed E-state index contributed by atoms with van der Waals surface area (Å²) >= 11 is 0. The van der Waals surface area contributed by atoms with Gasteiger partial charge >= 0.3 is 12.0 Å². The lowest BCUT2D eigenvalue weighted by Gasteiger charge is -2.08. The van der Waals surface area contributed by atoms with Crippen LogP contribution >= 0.6 is 0 Å².